The smallest absolute Gasteiger partial charge is 0.297 e. The van der Waals surface area contributed by atoms with E-state index in [9.17, 15) is 0 Å². The van der Waals surface area contributed by atoms with E-state index in [2.05, 4.69) is 9.97 Å². The lowest BCUT2D eigenvalue weighted by Crippen LogP contribution is -2.21. The van der Waals surface area contributed by atoms with E-state index >= 15 is 0 Å². The molecule has 2 heterocycles. The predicted octanol–water partition coefficient (Wildman–Crippen LogP) is 1.21. The van der Waals surface area contributed by atoms with Crippen molar-refractivity contribution in [3.63, 3.8) is 0 Å². The number of nitrogens with two attached hydrogens (primary N) is 1. The molecule has 0 bridgehead atoms. The molecule has 17 heavy (non-hydrogen) atoms. The van der Waals surface area contributed by atoms with Crippen molar-refractivity contribution in [2.45, 2.75) is 13.0 Å². The molecule has 2 N–H and O–H groups in total. The van der Waals surface area contributed by atoms with E-state index in [-0.39, 0.29) is 0 Å². The standard InChI is InChI=1S/C12H16N4O/c1-16(12-15-11(8-13)9-17-12)7-5-10-4-2-3-6-14-10/h2-4,6,9H,5,7-8,13H2,1H3. The molecule has 0 aliphatic heterocycles. The Labute approximate surface area is 100 Å². The second-order valence-electron chi connectivity index (χ2n) is 3.82. The molecule has 0 aromatic carbocycles. The highest BCUT2D eigenvalue weighted by Gasteiger charge is 2.08. The SMILES string of the molecule is CN(CCc1ccccn1)c1nc(CN)co1. The van der Waals surface area contributed by atoms with E-state index in [0.29, 0.717) is 12.6 Å². The molecule has 5 heteroatoms. The third-order valence-corrected chi connectivity index (χ3v) is 2.50. The Hall–Kier alpha value is -1.88. The molecule has 0 aliphatic rings. The average molecular weight is 232 g/mol. The zero-order chi connectivity index (χ0) is 12.1. The Morgan fingerprint density at radius 2 is 2.24 bits per heavy atom. The van der Waals surface area contributed by atoms with Gasteiger partial charge in [0.05, 0.1) is 5.69 Å². The number of aromatic nitrogens is 2. The van der Waals surface area contributed by atoms with Crippen LogP contribution in [0.15, 0.2) is 35.1 Å². The number of oxazole rings is 1. The van der Waals surface area contributed by atoms with E-state index in [1.807, 2.05) is 30.1 Å². The van der Waals surface area contributed by atoms with E-state index in [4.69, 9.17) is 10.2 Å². The number of likely N-dealkylation sites (N-methyl/N-ethyl adjacent to an activating group) is 1. The number of rotatable bonds is 5. The van der Waals surface area contributed by atoms with Gasteiger partial charge in [-0.1, -0.05) is 6.07 Å². The number of hydrogen-bond acceptors (Lipinski definition) is 5. The highest BCUT2D eigenvalue weighted by atomic mass is 16.4. The molecule has 0 atom stereocenters. The quantitative estimate of drug-likeness (QED) is 0.839. The normalized spacial score (nSPS) is 10.5. The van der Waals surface area contributed by atoms with Crippen LogP contribution in [0.5, 0.6) is 0 Å². The van der Waals surface area contributed by atoms with Crippen LogP contribution in [0.3, 0.4) is 0 Å². The summed E-state index contributed by atoms with van der Waals surface area (Å²) in [6.45, 7) is 1.21. The summed E-state index contributed by atoms with van der Waals surface area (Å²) >= 11 is 0. The first kappa shape index (κ1) is 11.6. The van der Waals surface area contributed by atoms with Gasteiger partial charge >= 0.3 is 0 Å². The largest absolute Gasteiger partial charge is 0.432 e. The van der Waals surface area contributed by atoms with Gasteiger partial charge in [-0.2, -0.15) is 4.98 Å². The molecule has 0 saturated heterocycles. The molecular formula is C12H16N4O. The van der Waals surface area contributed by atoms with Crippen molar-refractivity contribution in [3.8, 4) is 0 Å². The van der Waals surface area contributed by atoms with E-state index in [1.54, 1.807) is 12.5 Å². The fourth-order valence-corrected chi connectivity index (χ4v) is 1.49. The summed E-state index contributed by atoms with van der Waals surface area (Å²) in [7, 11) is 1.94. The van der Waals surface area contributed by atoms with Crippen molar-refractivity contribution in [1.29, 1.82) is 0 Å². The second-order valence-corrected chi connectivity index (χ2v) is 3.82. The Kier molecular flexibility index (Phi) is 3.72. The molecule has 2 aromatic heterocycles. The predicted molar refractivity (Wildman–Crippen MR) is 65.6 cm³/mol. The third-order valence-electron chi connectivity index (χ3n) is 2.50. The summed E-state index contributed by atoms with van der Waals surface area (Å²) in [4.78, 5) is 10.5. The molecular weight excluding hydrogens is 216 g/mol. The van der Waals surface area contributed by atoms with Crippen LogP contribution in [0, 0.1) is 0 Å². The maximum atomic E-state index is 5.48. The third kappa shape index (κ3) is 3.04. The lowest BCUT2D eigenvalue weighted by Gasteiger charge is -2.13. The van der Waals surface area contributed by atoms with Crippen LogP contribution in [-0.2, 0) is 13.0 Å². The minimum atomic E-state index is 0.400. The van der Waals surface area contributed by atoms with Crippen molar-refractivity contribution in [2.75, 3.05) is 18.5 Å². The maximum Gasteiger partial charge on any atom is 0.297 e. The summed E-state index contributed by atoms with van der Waals surface area (Å²) in [6.07, 6.45) is 4.25. The number of pyridine rings is 1. The summed E-state index contributed by atoms with van der Waals surface area (Å²) in [5, 5.41) is 0. The number of anilines is 1. The van der Waals surface area contributed by atoms with Crippen LogP contribution in [0.4, 0.5) is 6.01 Å². The minimum Gasteiger partial charge on any atom is -0.432 e. The lowest BCUT2D eigenvalue weighted by molar-refractivity contribution is 0.544. The maximum absolute atomic E-state index is 5.48. The van der Waals surface area contributed by atoms with Crippen molar-refractivity contribution in [2.24, 2.45) is 5.73 Å². The molecule has 0 aliphatic carbocycles. The Morgan fingerprint density at radius 3 is 2.88 bits per heavy atom. The van der Waals surface area contributed by atoms with Gasteiger partial charge in [-0.25, -0.2) is 0 Å². The average Bonchev–Trinajstić information content (AvgIpc) is 2.86. The van der Waals surface area contributed by atoms with Gasteiger partial charge in [0, 0.05) is 38.4 Å². The Morgan fingerprint density at radius 1 is 1.35 bits per heavy atom. The first-order chi connectivity index (χ1) is 8.29. The molecule has 90 valence electrons. The number of hydrogen-bond donors (Lipinski definition) is 1. The first-order valence-corrected chi connectivity index (χ1v) is 5.55. The van der Waals surface area contributed by atoms with E-state index in [0.717, 1.165) is 24.4 Å². The zero-order valence-corrected chi connectivity index (χ0v) is 9.84. The van der Waals surface area contributed by atoms with Crippen LogP contribution in [0.25, 0.3) is 0 Å². The van der Waals surface area contributed by atoms with Gasteiger partial charge in [0.2, 0.25) is 0 Å². The monoisotopic (exact) mass is 232 g/mol. The van der Waals surface area contributed by atoms with Crippen LogP contribution < -0.4 is 10.6 Å². The molecule has 2 rings (SSSR count). The summed E-state index contributed by atoms with van der Waals surface area (Å²) < 4.78 is 5.32. The van der Waals surface area contributed by atoms with Gasteiger partial charge in [-0.15, -0.1) is 0 Å². The topological polar surface area (TPSA) is 68.2 Å². The Balaban J connectivity index is 1.91. The van der Waals surface area contributed by atoms with Crippen LogP contribution in [0.2, 0.25) is 0 Å². The molecule has 0 fully saturated rings. The van der Waals surface area contributed by atoms with Crippen molar-refractivity contribution in [3.05, 3.63) is 42.0 Å². The van der Waals surface area contributed by atoms with E-state index < -0.39 is 0 Å². The number of nitrogens with zero attached hydrogens (tertiary/aromatic N) is 3. The summed E-state index contributed by atoms with van der Waals surface area (Å²) in [5.41, 5.74) is 7.31. The van der Waals surface area contributed by atoms with Crippen LogP contribution in [0.1, 0.15) is 11.4 Å². The minimum absolute atomic E-state index is 0.400. The fourth-order valence-electron chi connectivity index (χ4n) is 1.49. The highest BCUT2D eigenvalue weighted by Crippen LogP contribution is 2.11. The van der Waals surface area contributed by atoms with Crippen LogP contribution in [-0.4, -0.2) is 23.6 Å². The summed E-state index contributed by atoms with van der Waals surface area (Å²) in [6, 6.07) is 6.50. The van der Waals surface area contributed by atoms with Gasteiger partial charge in [0.1, 0.15) is 6.26 Å². The van der Waals surface area contributed by atoms with Gasteiger partial charge < -0.3 is 15.1 Å². The van der Waals surface area contributed by atoms with Crippen molar-refractivity contribution >= 4 is 6.01 Å². The van der Waals surface area contributed by atoms with Gasteiger partial charge in [0.15, 0.2) is 0 Å². The first-order valence-electron chi connectivity index (χ1n) is 5.55. The molecule has 0 spiro atoms. The van der Waals surface area contributed by atoms with Crippen molar-refractivity contribution in [1.82, 2.24) is 9.97 Å². The Bertz CT molecular complexity index is 455. The fraction of sp³-hybridized carbons (Fsp3) is 0.333. The molecule has 0 amide bonds. The molecule has 0 radical (unpaired) electrons. The van der Waals surface area contributed by atoms with Crippen molar-refractivity contribution < 1.29 is 4.42 Å². The lowest BCUT2D eigenvalue weighted by atomic mass is 10.2. The second kappa shape index (κ2) is 5.45. The highest BCUT2D eigenvalue weighted by molar-refractivity contribution is 5.25. The molecule has 2 aromatic rings. The molecule has 0 saturated carbocycles. The van der Waals surface area contributed by atoms with Gasteiger partial charge in [-0.05, 0) is 12.1 Å². The van der Waals surface area contributed by atoms with E-state index in [1.165, 1.54) is 0 Å². The molecule has 5 nitrogen and oxygen atoms in total. The van der Waals surface area contributed by atoms with Gasteiger partial charge in [-0.3, -0.25) is 4.98 Å². The summed E-state index contributed by atoms with van der Waals surface area (Å²) in [5.74, 6) is 0. The van der Waals surface area contributed by atoms with Gasteiger partial charge in [0.25, 0.3) is 6.01 Å². The van der Waals surface area contributed by atoms with Crippen LogP contribution >= 0.6 is 0 Å². The zero-order valence-electron chi connectivity index (χ0n) is 9.84. The molecule has 0 unspecified atom stereocenters.